The fourth-order valence-corrected chi connectivity index (χ4v) is 3.54. The Balaban J connectivity index is 1.50. The van der Waals surface area contributed by atoms with E-state index < -0.39 is 17.5 Å². The number of benzene rings is 3. The molecule has 0 atom stereocenters. The number of carbonyl (C=O) groups is 1. The fourth-order valence-electron chi connectivity index (χ4n) is 2.71. The molecule has 1 heterocycles. The van der Waals surface area contributed by atoms with E-state index in [0.717, 1.165) is 27.9 Å². The Hall–Kier alpha value is -3.45. The molecule has 0 bridgehead atoms. The molecule has 0 unspecified atom stereocenters. The summed E-state index contributed by atoms with van der Waals surface area (Å²) in [5.74, 6) is -2.37. The van der Waals surface area contributed by atoms with Crippen molar-refractivity contribution >= 4 is 22.9 Å². The smallest absolute Gasteiger partial charge is 0.255 e. The first-order chi connectivity index (χ1) is 14.0. The van der Waals surface area contributed by atoms with E-state index in [1.54, 1.807) is 36.4 Å². The standard InChI is InChI=1S/C22H13F3N2OS/c23-16-7-5-13(6-8-16)20-12-29-22(27-20)15-3-1-14(2-4-15)21(28)26-19-10-9-17(24)11-18(19)25/h1-12H,(H,26,28). The van der Waals surface area contributed by atoms with Crippen LogP contribution in [0.15, 0.2) is 72.1 Å². The van der Waals surface area contributed by atoms with Crippen LogP contribution < -0.4 is 5.32 Å². The predicted molar refractivity (Wildman–Crippen MR) is 107 cm³/mol. The molecule has 3 aromatic carbocycles. The van der Waals surface area contributed by atoms with Gasteiger partial charge in [-0.25, -0.2) is 18.2 Å². The second kappa shape index (κ2) is 7.89. The number of carbonyl (C=O) groups excluding carboxylic acids is 1. The second-order valence-electron chi connectivity index (χ2n) is 6.20. The third-order valence-corrected chi connectivity index (χ3v) is 5.11. The van der Waals surface area contributed by atoms with Gasteiger partial charge in [-0.15, -0.1) is 11.3 Å². The van der Waals surface area contributed by atoms with Crippen LogP contribution in [0.4, 0.5) is 18.9 Å². The molecule has 0 aliphatic carbocycles. The molecule has 1 aromatic heterocycles. The normalized spacial score (nSPS) is 10.7. The maximum atomic E-state index is 13.7. The largest absolute Gasteiger partial charge is 0.319 e. The van der Waals surface area contributed by atoms with E-state index in [4.69, 9.17) is 0 Å². The van der Waals surface area contributed by atoms with E-state index in [1.807, 2.05) is 5.38 Å². The van der Waals surface area contributed by atoms with Crippen LogP contribution in [0.2, 0.25) is 0 Å². The molecular formula is C22H13F3N2OS. The van der Waals surface area contributed by atoms with Crippen LogP contribution in [-0.4, -0.2) is 10.9 Å². The van der Waals surface area contributed by atoms with Crippen molar-refractivity contribution in [2.75, 3.05) is 5.32 Å². The van der Waals surface area contributed by atoms with Gasteiger partial charge in [0.25, 0.3) is 5.91 Å². The summed E-state index contributed by atoms with van der Waals surface area (Å²) in [4.78, 5) is 16.9. The summed E-state index contributed by atoms with van der Waals surface area (Å²) < 4.78 is 39.7. The number of rotatable bonds is 4. The molecular weight excluding hydrogens is 397 g/mol. The van der Waals surface area contributed by atoms with Gasteiger partial charge in [-0.05, 0) is 48.5 Å². The van der Waals surface area contributed by atoms with Crippen molar-refractivity contribution < 1.29 is 18.0 Å². The Morgan fingerprint density at radius 1 is 0.828 bits per heavy atom. The van der Waals surface area contributed by atoms with E-state index >= 15 is 0 Å². The first-order valence-corrected chi connectivity index (χ1v) is 9.46. The number of nitrogens with zero attached hydrogens (tertiary/aromatic N) is 1. The molecule has 3 nitrogen and oxygen atoms in total. The number of anilines is 1. The van der Waals surface area contributed by atoms with E-state index in [0.29, 0.717) is 11.6 Å². The van der Waals surface area contributed by atoms with Gasteiger partial charge in [-0.3, -0.25) is 4.79 Å². The van der Waals surface area contributed by atoms with Crippen molar-refractivity contribution in [3.8, 4) is 21.8 Å². The molecule has 4 aromatic rings. The Bertz CT molecular complexity index is 1170. The van der Waals surface area contributed by atoms with Gasteiger partial charge < -0.3 is 5.32 Å². The molecule has 0 saturated carbocycles. The van der Waals surface area contributed by atoms with Gasteiger partial charge in [0.15, 0.2) is 0 Å². The fraction of sp³-hybridized carbons (Fsp3) is 0. The molecule has 7 heteroatoms. The van der Waals surface area contributed by atoms with Gasteiger partial charge in [-0.2, -0.15) is 0 Å². The summed E-state index contributed by atoms with van der Waals surface area (Å²) >= 11 is 1.43. The monoisotopic (exact) mass is 410 g/mol. The average Bonchev–Trinajstić information content (AvgIpc) is 3.21. The van der Waals surface area contributed by atoms with Crippen molar-refractivity contribution in [2.45, 2.75) is 0 Å². The average molecular weight is 410 g/mol. The van der Waals surface area contributed by atoms with Crippen LogP contribution in [0, 0.1) is 17.5 Å². The summed E-state index contributed by atoms with van der Waals surface area (Å²) in [6.07, 6.45) is 0. The third kappa shape index (κ3) is 4.20. The van der Waals surface area contributed by atoms with Crippen molar-refractivity contribution in [3.63, 3.8) is 0 Å². The number of aromatic nitrogens is 1. The molecule has 0 aliphatic rings. The Morgan fingerprint density at radius 3 is 2.17 bits per heavy atom. The highest BCUT2D eigenvalue weighted by atomic mass is 32.1. The van der Waals surface area contributed by atoms with E-state index in [2.05, 4.69) is 10.3 Å². The second-order valence-corrected chi connectivity index (χ2v) is 7.06. The van der Waals surface area contributed by atoms with Crippen molar-refractivity contribution in [2.24, 2.45) is 0 Å². The summed E-state index contributed by atoms with van der Waals surface area (Å²) in [6, 6.07) is 15.7. The molecule has 0 radical (unpaired) electrons. The molecule has 4 rings (SSSR count). The number of thiazole rings is 1. The lowest BCUT2D eigenvalue weighted by Gasteiger charge is -2.07. The highest BCUT2D eigenvalue weighted by Crippen LogP contribution is 2.29. The molecule has 1 amide bonds. The highest BCUT2D eigenvalue weighted by molar-refractivity contribution is 7.13. The summed E-state index contributed by atoms with van der Waals surface area (Å²) in [6.45, 7) is 0. The molecule has 0 saturated heterocycles. The minimum atomic E-state index is -0.842. The van der Waals surface area contributed by atoms with Gasteiger partial charge in [0.1, 0.15) is 22.5 Å². The van der Waals surface area contributed by atoms with E-state index in [1.165, 1.54) is 29.5 Å². The number of hydrogen-bond acceptors (Lipinski definition) is 3. The summed E-state index contributed by atoms with van der Waals surface area (Å²) in [5, 5.41) is 5.05. The maximum absolute atomic E-state index is 13.7. The minimum Gasteiger partial charge on any atom is -0.319 e. The zero-order valence-electron chi connectivity index (χ0n) is 14.8. The summed E-state index contributed by atoms with van der Waals surface area (Å²) in [5.41, 5.74) is 2.59. The Kier molecular flexibility index (Phi) is 5.14. The first-order valence-electron chi connectivity index (χ1n) is 8.58. The zero-order valence-corrected chi connectivity index (χ0v) is 15.6. The number of nitrogens with one attached hydrogen (secondary N) is 1. The minimum absolute atomic E-state index is 0.0932. The lowest BCUT2D eigenvalue weighted by atomic mass is 10.1. The van der Waals surface area contributed by atoms with Gasteiger partial charge in [0.05, 0.1) is 11.4 Å². The molecule has 0 aliphatic heterocycles. The Morgan fingerprint density at radius 2 is 1.48 bits per heavy atom. The molecule has 0 spiro atoms. The van der Waals surface area contributed by atoms with Crippen molar-refractivity contribution in [3.05, 3.63) is 95.1 Å². The van der Waals surface area contributed by atoms with Gasteiger partial charge >= 0.3 is 0 Å². The highest BCUT2D eigenvalue weighted by Gasteiger charge is 2.12. The van der Waals surface area contributed by atoms with Crippen LogP contribution >= 0.6 is 11.3 Å². The number of amides is 1. The lowest BCUT2D eigenvalue weighted by molar-refractivity contribution is 0.102. The van der Waals surface area contributed by atoms with Crippen LogP contribution in [0.1, 0.15) is 10.4 Å². The third-order valence-electron chi connectivity index (χ3n) is 4.22. The summed E-state index contributed by atoms with van der Waals surface area (Å²) in [7, 11) is 0. The predicted octanol–water partition coefficient (Wildman–Crippen LogP) is 6.15. The topological polar surface area (TPSA) is 42.0 Å². The molecule has 1 N–H and O–H groups in total. The van der Waals surface area contributed by atoms with Gasteiger partial charge in [0.2, 0.25) is 0 Å². The van der Waals surface area contributed by atoms with E-state index in [-0.39, 0.29) is 11.5 Å². The number of halogens is 3. The van der Waals surface area contributed by atoms with Crippen LogP contribution in [0.3, 0.4) is 0 Å². The van der Waals surface area contributed by atoms with Gasteiger partial charge in [0, 0.05) is 28.1 Å². The van der Waals surface area contributed by atoms with Crippen LogP contribution in [0.5, 0.6) is 0 Å². The van der Waals surface area contributed by atoms with Crippen molar-refractivity contribution in [1.82, 2.24) is 4.98 Å². The van der Waals surface area contributed by atoms with Crippen LogP contribution in [0.25, 0.3) is 21.8 Å². The maximum Gasteiger partial charge on any atom is 0.255 e. The van der Waals surface area contributed by atoms with Crippen molar-refractivity contribution in [1.29, 1.82) is 0 Å². The molecule has 144 valence electrons. The number of hydrogen-bond donors (Lipinski definition) is 1. The first kappa shape index (κ1) is 18.9. The van der Waals surface area contributed by atoms with Crippen LogP contribution in [-0.2, 0) is 0 Å². The SMILES string of the molecule is O=C(Nc1ccc(F)cc1F)c1ccc(-c2nc(-c3ccc(F)cc3)cs2)cc1. The molecule has 0 fully saturated rings. The van der Waals surface area contributed by atoms with Gasteiger partial charge in [-0.1, -0.05) is 12.1 Å². The zero-order chi connectivity index (χ0) is 20.4. The molecule has 29 heavy (non-hydrogen) atoms. The Labute approximate surface area is 168 Å². The quantitative estimate of drug-likeness (QED) is 0.439. The lowest BCUT2D eigenvalue weighted by Crippen LogP contribution is -2.13. The van der Waals surface area contributed by atoms with E-state index in [9.17, 15) is 18.0 Å².